The van der Waals surface area contributed by atoms with Crippen molar-refractivity contribution in [1.29, 1.82) is 0 Å². The smallest absolute Gasteiger partial charge is 0.164 e. The van der Waals surface area contributed by atoms with Gasteiger partial charge in [0, 0.05) is 16.7 Å². The zero-order valence-electron chi connectivity index (χ0n) is 26.1. The average Bonchev–Trinajstić information content (AvgIpc) is 3.17. The summed E-state index contributed by atoms with van der Waals surface area (Å²) in [5.74, 6) is 1.98. The third kappa shape index (κ3) is 4.99. The number of hydrogen-bond donors (Lipinski definition) is 0. The zero-order chi connectivity index (χ0) is 31.9. The van der Waals surface area contributed by atoms with Crippen molar-refractivity contribution >= 4 is 32.3 Å². The molecule has 0 atom stereocenters. The lowest BCUT2D eigenvalue weighted by atomic mass is 9.89. The van der Waals surface area contributed by atoms with E-state index in [0.29, 0.717) is 17.5 Å². The standard InChI is InChI=1S/C45H29N3/c1-3-13-31(14-4-1)43-46-44(32-15-5-2-6-16-32)48-45(47-43)36-25-23-33-28-35(24-22-34(33)29-36)38-18-9-10-19-39(38)41-21-11-20-40-37-17-8-7-12-30(37)26-27-42(40)41/h1-29H. The number of aromatic nitrogens is 3. The van der Waals surface area contributed by atoms with E-state index in [2.05, 4.69) is 115 Å². The van der Waals surface area contributed by atoms with Crippen molar-refractivity contribution in [3.8, 4) is 56.4 Å². The first-order valence-corrected chi connectivity index (χ1v) is 16.2. The van der Waals surface area contributed by atoms with Gasteiger partial charge in [0.15, 0.2) is 17.5 Å². The van der Waals surface area contributed by atoms with Crippen LogP contribution < -0.4 is 0 Å². The summed E-state index contributed by atoms with van der Waals surface area (Å²) in [5, 5.41) is 7.37. The first-order valence-electron chi connectivity index (χ1n) is 16.2. The molecule has 0 aliphatic heterocycles. The molecule has 0 aliphatic carbocycles. The van der Waals surface area contributed by atoms with Gasteiger partial charge in [0.25, 0.3) is 0 Å². The Morgan fingerprint density at radius 3 is 1.46 bits per heavy atom. The predicted octanol–water partition coefficient (Wildman–Crippen LogP) is 11.7. The van der Waals surface area contributed by atoms with Gasteiger partial charge in [0.1, 0.15) is 0 Å². The minimum atomic E-state index is 0.655. The Morgan fingerprint density at radius 1 is 0.250 bits per heavy atom. The second kappa shape index (κ2) is 11.7. The molecule has 0 bridgehead atoms. The predicted molar refractivity (Wildman–Crippen MR) is 200 cm³/mol. The van der Waals surface area contributed by atoms with Gasteiger partial charge in [-0.25, -0.2) is 15.0 Å². The fourth-order valence-corrected chi connectivity index (χ4v) is 6.73. The van der Waals surface area contributed by atoms with Crippen molar-refractivity contribution in [2.75, 3.05) is 0 Å². The molecular weight excluding hydrogens is 583 g/mol. The summed E-state index contributed by atoms with van der Waals surface area (Å²) in [4.78, 5) is 14.7. The van der Waals surface area contributed by atoms with Crippen LogP contribution in [0.15, 0.2) is 176 Å². The van der Waals surface area contributed by atoms with Gasteiger partial charge in [-0.05, 0) is 66.7 Å². The van der Waals surface area contributed by atoms with Crippen LogP contribution in [0.4, 0.5) is 0 Å². The Balaban J connectivity index is 1.13. The molecule has 0 N–H and O–H groups in total. The number of rotatable bonds is 5. The highest BCUT2D eigenvalue weighted by Crippen LogP contribution is 2.39. The van der Waals surface area contributed by atoms with Crippen molar-refractivity contribution in [2.45, 2.75) is 0 Å². The highest BCUT2D eigenvalue weighted by Gasteiger charge is 2.15. The normalized spacial score (nSPS) is 11.3. The van der Waals surface area contributed by atoms with Crippen LogP contribution in [0.2, 0.25) is 0 Å². The van der Waals surface area contributed by atoms with Crippen LogP contribution in [0.1, 0.15) is 0 Å². The van der Waals surface area contributed by atoms with Crippen LogP contribution >= 0.6 is 0 Å². The van der Waals surface area contributed by atoms with Crippen LogP contribution in [-0.2, 0) is 0 Å². The van der Waals surface area contributed by atoms with Gasteiger partial charge in [-0.15, -0.1) is 0 Å². The maximum atomic E-state index is 4.94. The summed E-state index contributed by atoms with van der Waals surface area (Å²) in [7, 11) is 0. The molecule has 0 spiro atoms. The Hall–Kier alpha value is -6.45. The van der Waals surface area contributed by atoms with E-state index in [1.807, 2.05) is 60.7 Å². The van der Waals surface area contributed by atoms with Gasteiger partial charge in [0.05, 0.1) is 0 Å². The van der Waals surface area contributed by atoms with Crippen LogP contribution in [0.3, 0.4) is 0 Å². The van der Waals surface area contributed by atoms with Crippen molar-refractivity contribution in [3.05, 3.63) is 176 Å². The molecule has 0 amide bonds. The van der Waals surface area contributed by atoms with E-state index < -0.39 is 0 Å². The van der Waals surface area contributed by atoms with E-state index in [0.717, 1.165) is 27.5 Å². The molecular formula is C45H29N3. The van der Waals surface area contributed by atoms with Gasteiger partial charge in [-0.1, -0.05) is 164 Å². The molecule has 1 aromatic heterocycles. The summed E-state index contributed by atoms with van der Waals surface area (Å²) in [5.41, 5.74) is 7.73. The van der Waals surface area contributed by atoms with Crippen molar-refractivity contribution in [2.24, 2.45) is 0 Å². The number of benzene rings is 8. The van der Waals surface area contributed by atoms with Gasteiger partial charge in [0.2, 0.25) is 0 Å². The maximum absolute atomic E-state index is 4.94. The van der Waals surface area contributed by atoms with Crippen molar-refractivity contribution in [1.82, 2.24) is 15.0 Å². The van der Waals surface area contributed by atoms with Gasteiger partial charge in [-0.2, -0.15) is 0 Å². The van der Waals surface area contributed by atoms with E-state index in [-0.39, 0.29) is 0 Å². The summed E-state index contributed by atoms with van der Waals surface area (Å²) >= 11 is 0. The highest BCUT2D eigenvalue weighted by molar-refractivity contribution is 6.13. The van der Waals surface area contributed by atoms with E-state index in [4.69, 9.17) is 15.0 Å². The fraction of sp³-hybridized carbons (Fsp3) is 0. The largest absolute Gasteiger partial charge is 0.208 e. The topological polar surface area (TPSA) is 38.7 Å². The minimum Gasteiger partial charge on any atom is -0.208 e. The second-order valence-corrected chi connectivity index (χ2v) is 12.0. The zero-order valence-corrected chi connectivity index (χ0v) is 26.1. The molecule has 3 nitrogen and oxygen atoms in total. The summed E-state index contributed by atoms with van der Waals surface area (Å²) in [6, 6.07) is 61.9. The third-order valence-corrected chi connectivity index (χ3v) is 9.11. The van der Waals surface area contributed by atoms with E-state index >= 15 is 0 Å². The summed E-state index contributed by atoms with van der Waals surface area (Å²) < 4.78 is 0. The van der Waals surface area contributed by atoms with E-state index in [1.54, 1.807) is 0 Å². The summed E-state index contributed by atoms with van der Waals surface area (Å²) in [6.07, 6.45) is 0. The third-order valence-electron chi connectivity index (χ3n) is 9.11. The van der Waals surface area contributed by atoms with E-state index in [9.17, 15) is 0 Å². The quantitative estimate of drug-likeness (QED) is 0.182. The molecule has 0 radical (unpaired) electrons. The lowest BCUT2D eigenvalue weighted by molar-refractivity contribution is 1.07. The van der Waals surface area contributed by atoms with Gasteiger partial charge < -0.3 is 0 Å². The van der Waals surface area contributed by atoms with Crippen molar-refractivity contribution < 1.29 is 0 Å². The Morgan fingerprint density at radius 2 is 0.750 bits per heavy atom. The molecule has 0 aliphatic rings. The van der Waals surface area contributed by atoms with Crippen molar-refractivity contribution in [3.63, 3.8) is 0 Å². The molecule has 224 valence electrons. The molecule has 0 saturated heterocycles. The monoisotopic (exact) mass is 611 g/mol. The first kappa shape index (κ1) is 27.8. The Bertz CT molecular complexity index is 2550. The first-order chi connectivity index (χ1) is 23.8. The molecule has 48 heavy (non-hydrogen) atoms. The number of hydrogen-bond acceptors (Lipinski definition) is 3. The SMILES string of the molecule is c1ccc(-c2nc(-c3ccccc3)nc(-c3ccc4cc(-c5ccccc5-c5cccc6c5ccc5ccccc56)ccc4c3)n2)cc1. The molecule has 9 rings (SSSR count). The lowest BCUT2D eigenvalue weighted by Crippen LogP contribution is -2.00. The fourth-order valence-electron chi connectivity index (χ4n) is 6.73. The minimum absolute atomic E-state index is 0.655. The average molecular weight is 612 g/mol. The molecule has 0 saturated carbocycles. The number of nitrogens with zero attached hydrogens (tertiary/aromatic N) is 3. The maximum Gasteiger partial charge on any atom is 0.164 e. The van der Waals surface area contributed by atoms with Crippen LogP contribution in [0.5, 0.6) is 0 Å². The molecule has 0 fully saturated rings. The van der Waals surface area contributed by atoms with Gasteiger partial charge in [-0.3, -0.25) is 0 Å². The molecule has 1 heterocycles. The molecule has 3 heteroatoms. The van der Waals surface area contributed by atoms with Crippen LogP contribution in [-0.4, -0.2) is 15.0 Å². The summed E-state index contributed by atoms with van der Waals surface area (Å²) in [6.45, 7) is 0. The molecule has 8 aromatic carbocycles. The highest BCUT2D eigenvalue weighted by atomic mass is 15.0. The Labute approximate surface area is 278 Å². The Kier molecular flexibility index (Phi) is 6.80. The van der Waals surface area contributed by atoms with Gasteiger partial charge >= 0.3 is 0 Å². The lowest BCUT2D eigenvalue weighted by Gasteiger charge is -2.14. The van der Waals surface area contributed by atoms with Crippen LogP contribution in [0.25, 0.3) is 88.7 Å². The molecule has 0 unspecified atom stereocenters. The molecule has 9 aromatic rings. The number of fused-ring (bicyclic) bond motifs is 4. The second-order valence-electron chi connectivity index (χ2n) is 12.0. The van der Waals surface area contributed by atoms with E-state index in [1.165, 1.54) is 43.8 Å². The van der Waals surface area contributed by atoms with Crippen LogP contribution in [0, 0.1) is 0 Å².